The Bertz CT molecular complexity index is 743. The van der Waals surface area contributed by atoms with E-state index >= 15 is 0 Å². The van der Waals surface area contributed by atoms with Crippen LogP contribution < -0.4 is 10.5 Å². The van der Waals surface area contributed by atoms with Crippen molar-refractivity contribution in [3.8, 4) is 0 Å². The minimum Gasteiger partial charge on any atom is -0.480 e. The molecule has 0 radical (unpaired) electrons. The minimum atomic E-state index is -3.92. The van der Waals surface area contributed by atoms with E-state index in [0.717, 1.165) is 10.8 Å². The van der Waals surface area contributed by atoms with Crippen LogP contribution in [0.1, 0.15) is 0 Å². The average molecular weight is 294 g/mol. The van der Waals surface area contributed by atoms with Gasteiger partial charge in [0.1, 0.15) is 6.04 Å². The monoisotopic (exact) mass is 294 g/mol. The molecule has 0 saturated heterocycles. The Morgan fingerprint density at radius 3 is 2.45 bits per heavy atom. The van der Waals surface area contributed by atoms with Gasteiger partial charge in [-0.2, -0.15) is 4.72 Å². The molecule has 6 nitrogen and oxygen atoms in total. The van der Waals surface area contributed by atoms with Gasteiger partial charge in [-0.1, -0.05) is 30.3 Å². The summed E-state index contributed by atoms with van der Waals surface area (Å²) in [6, 6.07) is 10.5. The SMILES string of the molecule is NC[C@@H](NS(=O)(=O)c1ccc2ccccc2c1)C(=O)O. The van der Waals surface area contributed by atoms with Gasteiger partial charge in [-0.3, -0.25) is 4.79 Å². The molecule has 0 fully saturated rings. The highest BCUT2D eigenvalue weighted by Gasteiger charge is 2.24. The molecule has 0 spiro atoms. The molecule has 0 saturated carbocycles. The van der Waals surface area contributed by atoms with Crippen molar-refractivity contribution in [2.45, 2.75) is 10.9 Å². The van der Waals surface area contributed by atoms with Gasteiger partial charge < -0.3 is 10.8 Å². The van der Waals surface area contributed by atoms with Crippen molar-refractivity contribution in [2.75, 3.05) is 6.54 Å². The average Bonchev–Trinajstić information content (AvgIpc) is 2.44. The summed E-state index contributed by atoms with van der Waals surface area (Å²) >= 11 is 0. The first-order chi connectivity index (χ1) is 9.44. The molecule has 20 heavy (non-hydrogen) atoms. The summed E-state index contributed by atoms with van der Waals surface area (Å²) in [5.41, 5.74) is 5.24. The summed E-state index contributed by atoms with van der Waals surface area (Å²) in [6.07, 6.45) is 0. The first-order valence-corrected chi connectivity index (χ1v) is 7.36. The van der Waals surface area contributed by atoms with E-state index < -0.39 is 22.0 Å². The van der Waals surface area contributed by atoms with Crippen molar-refractivity contribution >= 4 is 26.8 Å². The van der Waals surface area contributed by atoms with Crippen LogP contribution in [0.2, 0.25) is 0 Å². The van der Waals surface area contributed by atoms with Crippen LogP contribution in [-0.2, 0) is 14.8 Å². The normalized spacial score (nSPS) is 13.2. The van der Waals surface area contributed by atoms with Gasteiger partial charge in [0.2, 0.25) is 10.0 Å². The highest BCUT2D eigenvalue weighted by molar-refractivity contribution is 7.89. The number of aliphatic carboxylic acids is 1. The number of fused-ring (bicyclic) bond motifs is 1. The van der Waals surface area contributed by atoms with E-state index in [2.05, 4.69) is 4.72 Å². The highest BCUT2D eigenvalue weighted by atomic mass is 32.2. The molecule has 0 heterocycles. The largest absolute Gasteiger partial charge is 0.480 e. The molecule has 2 aromatic rings. The second kappa shape index (κ2) is 5.58. The molecule has 0 unspecified atom stereocenters. The van der Waals surface area contributed by atoms with Gasteiger partial charge in [0.05, 0.1) is 4.90 Å². The molecule has 0 aliphatic rings. The second-order valence-electron chi connectivity index (χ2n) is 4.26. The zero-order valence-corrected chi connectivity index (χ0v) is 11.3. The summed E-state index contributed by atoms with van der Waals surface area (Å²) in [5, 5.41) is 10.5. The summed E-state index contributed by atoms with van der Waals surface area (Å²) in [7, 11) is -3.92. The molecule has 2 aromatic carbocycles. The molecule has 1 atom stereocenters. The van der Waals surface area contributed by atoms with Gasteiger partial charge in [-0.05, 0) is 22.9 Å². The van der Waals surface area contributed by atoms with Crippen LogP contribution in [0.25, 0.3) is 10.8 Å². The minimum absolute atomic E-state index is 0.0101. The zero-order chi connectivity index (χ0) is 14.8. The second-order valence-corrected chi connectivity index (χ2v) is 5.97. The maximum atomic E-state index is 12.1. The van der Waals surface area contributed by atoms with Gasteiger partial charge >= 0.3 is 5.97 Å². The number of carbonyl (C=O) groups is 1. The van der Waals surface area contributed by atoms with Crippen molar-refractivity contribution in [2.24, 2.45) is 5.73 Å². The third-order valence-electron chi connectivity index (χ3n) is 2.86. The molecule has 2 rings (SSSR count). The van der Waals surface area contributed by atoms with Gasteiger partial charge in [-0.25, -0.2) is 8.42 Å². The van der Waals surface area contributed by atoms with E-state index in [1.807, 2.05) is 12.1 Å². The van der Waals surface area contributed by atoms with Crippen molar-refractivity contribution < 1.29 is 18.3 Å². The third kappa shape index (κ3) is 2.96. The highest BCUT2D eigenvalue weighted by Crippen LogP contribution is 2.18. The van der Waals surface area contributed by atoms with E-state index in [-0.39, 0.29) is 11.4 Å². The van der Waals surface area contributed by atoms with Crippen molar-refractivity contribution in [1.29, 1.82) is 0 Å². The van der Waals surface area contributed by atoms with E-state index in [4.69, 9.17) is 10.8 Å². The topological polar surface area (TPSA) is 109 Å². The van der Waals surface area contributed by atoms with Crippen LogP contribution in [0.4, 0.5) is 0 Å². The maximum absolute atomic E-state index is 12.1. The van der Waals surface area contributed by atoms with Gasteiger partial charge in [0, 0.05) is 6.54 Å². The molecule has 4 N–H and O–H groups in total. The zero-order valence-electron chi connectivity index (χ0n) is 10.5. The Labute approximate surface area is 116 Å². The lowest BCUT2D eigenvalue weighted by Gasteiger charge is -2.13. The van der Waals surface area contributed by atoms with E-state index in [1.54, 1.807) is 18.2 Å². The number of hydrogen-bond acceptors (Lipinski definition) is 4. The quantitative estimate of drug-likeness (QED) is 0.745. The molecular weight excluding hydrogens is 280 g/mol. The Morgan fingerprint density at radius 2 is 1.85 bits per heavy atom. The van der Waals surface area contributed by atoms with Crippen molar-refractivity contribution in [3.63, 3.8) is 0 Å². The fourth-order valence-electron chi connectivity index (χ4n) is 1.79. The Morgan fingerprint density at radius 1 is 1.20 bits per heavy atom. The lowest BCUT2D eigenvalue weighted by molar-refractivity contribution is -0.138. The van der Waals surface area contributed by atoms with Gasteiger partial charge in [-0.15, -0.1) is 0 Å². The lowest BCUT2D eigenvalue weighted by atomic mass is 10.1. The Kier molecular flexibility index (Phi) is 4.03. The summed E-state index contributed by atoms with van der Waals surface area (Å²) < 4.78 is 26.3. The van der Waals surface area contributed by atoms with E-state index in [0.29, 0.717) is 0 Å². The van der Waals surface area contributed by atoms with Gasteiger partial charge in [0.25, 0.3) is 0 Å². The van der Waals surface area contributed by atoms with Gasteiger partial charge in [0.15, 0.2) is 0 Å². The number of rotatable bonds is 5. The first kappa shape index (κ1) is 14.4. The van der Waals surface area contributed by atoms with Crippen LogP contribution in [0.15, 0.2) is 47.4 Å². The first-order valence-electron chi connectivity index (χ1n) is 5.88. The molecule has 0 aliphatic heterocycles. The summed E-state index contributed by atoms with van der Waals surface area (Å²) in [5.74, 6) is -1.31. The maximum Gasteiger partial charge on any atom is 0.323 e. The number of nitrogens with one attached hydrogen (secondary N) is 1. The molecule has 0 aromatic heterocycles. The number of nitrogens with two attached hydrogens (primary N) is 1. The number of carboxylic acids is 1. The smallest absolute Gasteiger partial charge is 0.323 e. The summed E-state index contributed by atoms with van der Waals surface area (Å²) in [6.45, 7) is -0.317. The van der Waals surface area contributed by atoms with Crippen molar-refractivity contribution in [1.82, 2.24) is 4.72 Å². The summed E-state index contributed by atoms with van der Waals surface area (Å²) in [4.78, 5) is 10.9. The van der Waals surface area contributed by atoms with Crippen LogP contribution in [0.5, 0.6) is 0 Å². The predicted molar refractivity (Wildman–Crippen MR) is 74.7 cm³/mol. The standard InChI is InChI=1S/C13H14N2O4S/c14-8-12(13(16)17)15-20(18,19)11-6-5-9-3-1-2-4-10(9)7-11/h1-7,12,15H,8,14H2,(H,16,17)/t12-/m1/s1. The van der Waals surface area contributed by atoms with Crippen LogP contribution >= 0.6 is 0 Å². The number of carboxylic acid groups (broad SMARTS) is 1. The molecular formula is C13H14N2O4S. The molecule has 106 valence electrons. The number of benzene rings is 2. The Balaban J connectivity index is 2.38. The lowest BCUT2D eigenvalue weighted by Crippen LogP contribution is -2.45. The molecule has 0 aliphatic carbocycles. The van der Waals surface area contributed by atoms with Crippen LogP contribution in [-0.4, -0.2) is 32.1 Å². The number of sulfonamides is 1. The number of hydrogen-bond donors (Lipinski definition) is 3. The molecule has 0 amide bonds. The molecule has 0 bridgehead atoms. The fraction of sp³-hybridized carbons (Fsp3) is 0.154. The van der Waals surface area contributed by atoms with E-state index in [9.17, 15) is 13.2 Å². The van der Waals surface area contributed by atoms with Crippen molar-refractivity contribution in [3.05, 3.63) is 42.5 Å². The van der Waals surface area contributed by atoms with Crippen LogP contribution in [0.3, 0.4) is 0 Å². The predicted octanol–water partition coefficient (Wildman–Crippen LogP) is 0.530. The molecule has 7 heteroatoms. The Hall–Kier alpha value is -1.96. The third-order valence-corrected chi connectivity index (χ3v) is 4.33. The van der Waals surface area contributed by atoms with Crippen LogP contribution in [0, 0.1) is 0 Å². The fourth-order valence-corrected chi connectivity index (χ4v) is 3.03. The van der Waals surface area contributed by atoms with E-state index in [1.165, 1.54) is 12.1 Å².